The summed E-state index contributed by atoms with van der Waals surface area (Å²) in [6.07, 6.45) is 1.47. The summed E-state index contributed by atoms with van der Waals surface area (Å²) < 4.78 is 33.5. The average Bonchev–Trinajstić information content (AvgIpc) is 2.66. The average molecular weight is 376 g/mol. The lowest BCUT2D eigenvalue weighted by molar-refractivity contribution is -0.122. The third kappa shape index (κ3) is 4.76. The van der Waals surface area contributed by atoms with E-state index in [-0.39, 0.29) is 17.4 Å². The van der Waals surface area contributed by atoms with Crippen LogP contribution in [0.1, 0.15) is 25.0 Å². The second kappa shape index (κ2) is 8.71. The Morgan fingerprint density at radius 2 is 1.58 bits per heavy atom. The number of sulfonamides is 1. The molecule has 0 aromatic heterocycles. The first-order valence-electron chi connectivity index (χ1n) is 8.48. The molecule has 0 bridgehead atoms. The van der Waals surface area contributed by atoms with Crippen LogP contribution in [-0.2, 0) is 27.7 Å². The predicted molar refractivity (Wildman–Crippen MR) is 102 cm³/mol. The number of hydrogen-bond acceptors (Lipinski definition) is 4. The normalized spacial score (nSPS) is 11.0. The fraction of sp³-hybridized carbons (Fsp3) is 0.316. The van der Waals surface area contributed by atoms with Gasteiger partial charge < -0.3 is 10.1 Å². The van der Waals surface area contributed by atoms with E-state index >= 15 is 0 Å². The molecule has 7 heteroatoms. The quantitative estimate of drug-likeness (QED) is 0.742. The Morgan fingerprint density at radius 1 is 1.00 bits per heavy atom. The Balaban J connectivity index is 2.22. The van der Waals surface area contributed by atoms with Gasteiger partial charge in [0.25, 0.3) is 15.9 Å². The van der Waals surface area contributed by atoms with Crippen LogP contribution in [0, 0.1) is 0 Å². The summed E-state index contributed by atoms with van der Waals surface area (Å²) in [5.41, 5.74) is 2.56. The van der Waals surface area contributed by atoms with Crippen LogP contribution in [0.15, 0.2) is 47.4 Å². The number of amides is 1. The number of likely N-dealkylation sites (N-methyl/N-ethyl adjacent to an activating group) is 1. The largest absolute Gasteiger partial charge is 0.484 e. The molecule has 0 heterocycles. The summed E-state index contributed by atoms with van der Waals surface area (Å²) in [6.45, 7) is 3.86. The number of benzene rings is 2. The minimum Gasteiger partial charge on any atom is -0.484 e. The molecule has 2 rings (SSSR count). The Bertz CT molecular complexity index is 839. The van der Waals surface area contributed by atoms with Gasteiger partial charge in [0.2, 0.25) is 0 Å². The van der Waals surface area contributed by atoms with Gasteiger partial charge in [-0.1, -0.05) is 32.0 Å². The zero-order valence-electron chi connectivity index (χ0n) is 15.2. The maximum atomic E-state index is 12.7. The van der Waals surface area contributed by atoms with Gasteiger partial charge in [0, 0.05) is 7.05 Å². The summed E-state index contributed by atoms with van der Waals surface area (Å²) in [4.78, 5) is 11.3. The molecule has 0 fully saturated rings. The van der Waals surface area contributed by atoms with Crippen molar-refractivity contribution in [2.45, 2.75) is 31.6 Å². The van der Waals surface area contributed by atoms with E-state index in [1.165, 1.54) is 31.3 Å². The molecule has 140 valence electrons. The molecule has 0 atom stereocenters. The van der Waals surface area contributed by atoms with Crippen molar-refractivity contribution < 1.29 is 17.9 Å². The molecular formula is C19H24N2O4S. The van der Waals surface area contributed by atoms with Crippen LogP contribution in [0.5, 0.6) is 5.75 Å². The topological polar surface area (TPSA) is 84.5 Å². The van der Waals surface area contributed by atoms with Gasteiger partial charge in [-0.25, -0.2) is 8.42 Å². The van der Waals surface area contributed by atoms with E-state index in [1.807, 2.05) is 32.0 Å². The van der Waals surface area contributed by atoms with E-state index in [2.05, 4.69) is 10.0 Å². The van der Waals surface area contributed by atoms with Crippen molar-refractivity contribution in [2.75, 3.05) is 18.4 Å². The Labute approximate surface area is 154 Å². The smallest absolute Gasteiger partial charge is 0.261 e. The summed E-state index contributed by atoms with van der Waals surface area (Å²) in [6, 6.07) is 11.8. The maximum Gasteiger partial charge on any atom is 0.261 e. The van der Waals surface area contributed by atoms with Crippen molar-refractivity contribution in [3.8, 4) is 5.75 Å². The van der Waals surface area contributed by atoms with Crippen molar-refractivity contribution in [2.24, 2.45) is 0 Å². The third-order valence-electron chi connectivity index (χ3n) is 4.02. The summed E-state index contributed by atoms with van der Waals surface area (Å²) >= 11 is 0. The molecule has 0 saturated carbocycles. The van der Waals surface area contributed by atoms with E-state index in [4.69, 9.17) is 4.74 Å². The number of para-hydroxylation sites is 1. The van der Waals surface area contributed by atoms with Crippen LogP contribution in [0.25, 0.3) is 0 Å². The van der Waals surface area contributed by atoms with Gasteiger partial charge in [0.15, 0.2) is 6.61 Å². The molecule has 0 unspecified atom stereocenters. The van der Waals surface area contributed by atoms with Crippen LogP contribution in [0.3, 0.4) is 0 Å². The monoisotopic (exact) mass is 376 g/mol. The number of rotatable bonds is 8. The third-order valence-corrected chi connectivity index (χ3v) is 5.38. The standard InChI is InChI=1S/C19H24N2O4S/c1-4-14-7-6-8-15(5-2)19(14)21-26(23,24)17-11-9-16(10-12-17)25-13-18(22)20-3/h6-12,21H,4-5,13H2,1-3H3,(H,20,22). The van der Waals surface area contributed by atoms with Crippen LogP contribution < -0.4 is 14.8 Å². The lowest BCUT2D eigenvalue weighted by Gasteiger charge is -2.16. The SMILES string of the molecule is CCc1cccc(CC)c1NS(=O)(=O)c1ccc(OCC(=O)NC)cc1. The highest BCUT2D eigenvalue weighted by Crippen LogP contribution is 2.26. The fourth-order valence-corrected chi connectivity index (χ4v) is 3.65. The van der Waals surface area contributed by atoms with Gasteiger partial charge in [0.05, 0.1) is 10.6 Å². The summed E-state index contributed by atoms with van der Waals surface area (Å²) in [5, 5.41) is 2.45. The Kier molecular flexibility index (Phi) is 6.63. The van der Waals surface area contributed by atoms with Crippen molar-refractivity contribution in [1.29, 1.82) is 0 Å². The second-order valence-electron chi connectivity index (χ2n) is 5.70. The zero-order chi connectivity index (χ0) is 19.2. The summed E-state index contributed by atoms with van der Waals surface area (Å²) in [5.74, 6) is 0.169. The Morgan fingerprint density at radius 3 is 2.08 bits per heavy atom. The van der Waals surface area contributed by atoms with E-state index < -0.39 is 10.0 Å². The Hall–Kier alpha value is -2.54. The number of aryl methyl sites for hydroxylation is 2. The van der Waals surface area contributed by atoms with Crippen LogP contribution in [0.2, 0.25) is 0 Å². The zero-order valence-corrected chi connectivity index (χ0v) is 16.0. The first-order valence-corrected chi connectivity index (χ1v) is 9.96. The highest BCUT2D eigenvalue weighted by Gasteiger charge is 2.18. The number of anilines is 1. The highest BCUT2D eigenvalue weighted by atomic mass is 32.2. The van der Waals surface area contributed by atoms with E-state index in [0.717, 1.165) is 24.0 Å². The molecule has 0 saturated heterocycles. The number of ether oxygens (including phenoxy) is 1. The minimum absolute atomic E-state index is 0.120. The lowest BCUT2D eigenvalue weighted by Crippen LogP contribution is -2.24. The molecule has 2 aromatic rings. The molecule has 2 N–H and O–H groups in total. The second-order valence-corrected chi connectivity index (χ2v) is 7.38. The van der Waals surface area contributed by atoms with E-state index in [0.29, 0.717) is 11.4 Å². The molecule has 0 radical (unpaired) electrons. The molecule has 0 aliphatic heterocycles. The molecule has 0 aliphatic rings. The van der Waals surface area contributed by atoms with Gasteiger partial charge in [0.1, 0.15) is 5.75 Å². The molecule has 6 nitrogen and oxygen atoms in total. The molecule has 2 aromatic carbocycles. The van der Waals surface area contributed by atoms with Crippen molar-refractivity contribution in [1.82, 2.24) is 5.32 Å². The summed E-state index contributed by atoms with van der Waals surface area (Å²) in [7, 11) is -2.20. The highest BCUT2D eigenvalue weighted by molar-refractivity contribution is 7.92. The van der Waals surface area contributed by atoms with Gasteiger partial charge in [-0.3, -0.25) is 9.52 Å². The van der Waals surface area contributed by atoms with Gasteiger partial charge in [-0.15, -0.1) is 0 Å². The minimum atomic E-state index is -3.72. The molecule has 0 aliphatic carbocycles. The molecule has 26 heavy (non-hydrogen) atoms. The molecule has 1 amide bonds. The van der Waals surface area contributed by atoms with Crippen molar-refractivity contribution >= 4 is 21.6 Å². The number of nitrogens with one attached hydrogen (secondary N) is 2. The number of carbonyl (C=O) groups is 1. The van der Waals surface area contributed by atoms with Gasteiger partial charge in [-0.2, -0.15) is 0 Å². The van der Waals surface area contributed by atoms with E-state index in [1.54, 1.807) is 0 Å². The number of carbonyl (C=O) groups excluding carboxylic acids is 1. The van der Waals surface area contributed by atoms with Gasteiger partial charge in [-0.05, 0) is 48.2 Å². The molecular weight excluding hydrogens is 352 g/mol. The molecule has 0 spiro atoms. The first kappa shape index (κ1) is 19.8. The maximum absolute atomic E-state index is 12.7. The van der Waals surface area contributed by atoms with Crippen LogP contribution >= 0.6 is 0 Å². The first-order chi connectivity index (χ1) is 12.4. The van der Waals surface area contributed by atoms with Crippen molar-refractivity contribution in [3.63, 3.8) is 0 Å². The van der Waals surface area contributed by atoms with Crippen molar-refractivity contribution in [3.05, 3.63) is 53.6 Å². The lowest BCUT2D eigenvalue weighted by atomic mass is 10.0. The van der Waals surface area contributed by atoms with Gasteiger partial charge >= 0.3 is 0 Å². The van der Waals surface area contributed by atoms with Crippen LogP contribution in [0.4, 0.5) is 5.69 Å². The fourth-order valence-electron chi connectivity index (χ4n) is 2.50. The van der Waals surface area contributed by atoms with Crippen LogP contribution in [-0.4, -0.2) is 28.0 Å². The predicted octanol–water partition coefficient (Wildman–Crippen LogP) is 2.74. The number of hydrogen-bond donors (Lipinski definition) is 2. The van der Waals surface area contributed by atoms with E-state index in [9.17, 15) is 13.2 Å².